The van der Waals surface area contributed by atoms with Crippen LogP contribution in [0, 0.1) is 17.3 Å². The third-order valence-electron chi connectivity index (χ3n) is 6.31. The normalized spacial score (nSPS) is 20.3. The zero-order valence-electron chi connectivity index (χ0n) is 23.5. The van der Waals surface area contributed by atoms with Crippen molar-refractivity contribution in [1.29, 1.82) is 0 Å². The zero-order chi connectivity index (χ0) is 26.0. The maximum atomic E-state index is 12.5. The Morgan fingerprint density at radius 2 is 1.68 bits per heavy atom. The number of allylic oxidation sites excluding steroid dienone is 3. The molecule has 0 spiro atoms. The van der Waals surface area contributed by atoms with Gasteiger partial charge in [-0.3, -0.25) is 9.59 Å². The first kappa shape index (κ1) is 31.0. The van der Waals surface area contributed by atoms with E-state index in [0.717, 1.165) is 38.5 Å². The van der Waals surface area contributed by atoms with Crippen LogP contribution in [0.2, 0.25) is 39.3 Å². The number of carbonyl (C=O) groups excluding carboxylic acids is 2. The van der Waals surface area contributed by atoms with Gasteiger partial charge < -0.3 is 8.85 Å². The van der Waals surface area contributed by atoms with Gasteiger partial charge in [-0.15, -0.1) is 0 Å². The van der Waals surface area contributed by atoms with Crippen molar-refractivity contribution in [3.63, 3.8) is 0 Å². The Kier molecular flexibility index (Phi) is 12.7. The molecule has 3 atom stereocenters. The predicted molar refractivity (Wildman–Crippen MR) is 149 cm³/mol. The Hall–Kier alpha value is -0.986. The summed E-state index contributed by atoms with van der Waals surface area (Å²) in [7, 11) is -3.48. The molecule has 4 nitrogen and oxygen atoms in total. The van der Waals surface area contributed by atoms with Gasteiger partial charge in [-0.25, -0.2) is 0 Å². The molecule has 0 aromatic heterocycles. The van der Waals surface area contributed by atoms with Crippen LogP contribution >= 0.6 is 0 Å². The van der Waals surface area contributed by atoms with Crippen LogP contribution in [0.25, 0.3) is 0 Å². The van der Waals surface area contributed by atoms with E-state index in [2.05, 4.69) is 58.6 Å². The van der Waals surface area contributed by atoms with Gasteiger partial charge in [-0.05, 0) is 70.0 Å². The van der Waals surface area contributed by atoms with E-state index in [-0.39, 0.29) is 35.1 Å². The van der Waals surface area contributed by atoms with Gasteiger partial charge in [0.2, 0.25) is 8.32 Å². The number of unbranched alkanes of at least 4 members (excludes halogenated alkanes) is 4. The fraction of sp³-hybridized carbons (Fsp3) is 0.786. The Bertz CT molecular complexity index is 698. The molecule has 0 aromatic rings. The highest BCUT2D eigenvalue weighted by Crippen LogP contribution is 2.35. The van der Waals surface area contributed by atoms with Crippen molar-refractivity contribution in [3.8, 4) is 0 Å². The van der Waals surface area contributed by atoms with Gasteiger partial charge >= 0.3 is 0 Å². The van der Waals surface area contributed by atoms with Crippen LogP contribution in [0.15, 0.2) is 24.3 Å². The molecule has 1 aliphatic carbocycles. The lowest BCUT2D eigenvalue weighted by Gasteiger charge is -2.37. The third kappa shape index (κ3) is 12.6. The average molecular weight is 509 g/mol. The molecular formula is C28H52O4Si2. The lowest BCUT2D eigenvalue weighted by atomic mass is 9.80. The molecule has 196 valence electrons. The summed E-state index contributed by atoms with van der Waals surface area (Å²) in [6.07, 6.45) is 17.3. The second kappa shape index (κ2) is 13.9. The molecule has 1 aliphatic rings. The minimum atomic E-state index is -1.78. The molecule has 1 rings (SSSR count). The summed E-state index contributed by atoms with van der Waals surface area (Å²) in [6, 6.07) is 0. The lowest BCUT2D eigenvalue weighted by Crippen LogP contribution is -2.39. The van der Waals surface area contributed by atoms with Gasteiger partial charge in [-0.1, -0.05) is 71.1 Å². The van der Waals surface area contributed by atoms with E-state index in [9.17, 15) is 9.59 Å². The van der Waals surface area contributed by atoms with Crippen LogP contribution in [0.4, 0.5) is 0 Å². The van der Waals surface area contributed by atoms with Crippen LogP contribution < -0.4 is 0 Å². The molecule has 0 radical (unpaired) electrons. The van der Waals surface area contributed by atoms with Crippen molar-refractivity contribution in [1.82, 2.24) is 0 Å². The van der Waals surface area contributed by atoms with E-state index in [1.54, 1.807) is 6.08 Å². The van der Waals surface area contributed by atoms with E-state index in [0.29, 0.717) is 6.42 Å². The number of carbonyl (C=O) groups is 2. The highest BCUT2D eigenvalue weighted by atomic mass is 28.4. The van der Waals surface area contributed by atoms with E-state index in [4.69, 9.17) is 8.85 Å². The quantitative estimate of drug-likeness (QED) is 0.120. The van der Waals surface area contributed by atoms with Crippen molar-refractivity contribution < 1.29 is 18.4 Å². The Morgan fingerprint density at radius 3 is 2.26 bits per heavy atom. The molecule has 6 heteroatoms. The Labute approximate surface area is 212 Å². The molecule has 34 heavy (non-hydrogen) atoms. The summed E-state index contributed by atoms with van der Waals surface area (Å²) in [5.74, 6) is 0.395. The molecule has 0 heterocycles. The van der Waals surface area contributed by atoms with Crippen molar-refractivity contribution >= 4 is 28.4 Å². The molecule has 0 amide bonds. The second-order valence-electron chi connectivity index (χ2n) is 12.6. The summed E-state index contributed by atoms with van der Waals surface area (Å²) >= 11 is 0. The first-order valence-corrected chi connectivity index (χ1v) is 20.3. The molecule has 0 N–H and O–H groups in total. The molecule has 0 saturated heterocycles. The standard InChI is InChI=1S/C28H52O4Si2/c1-10-11-22-28(2,3)26(31-33(4,5)6)21-19-23-18-20-25(29)24(23)16-14-12-13-15-17-27(30)32-34(7,8)9/h18-21,23-24,26H,10-17,22H2,1-9H3/b21-19+. The van der Waals surface area contributed by atoms with Crippen LogP contribution in [0.1, 0.15) is 78.6 Å². The van der Waals surface area contributed by atoms with Gasteiger partial charge in [0, 0.05) is 18.3 Å². The molecule has 0 aliphatic heterocycles. The van der Waals surface area contributed by atoms with Crippen LogP contribution in [0.3, 0.4) is 0 Å². The molecule has 0 fully saturated rings. The van der Waals surface area contributed by atoms with Gasteiger partial charge in [0.25, 0.3) is 5.97 Å². The zero-order valence-corrected chi connectivity index (χ0v) is 25.5. The van der Waals surface area contributed by atoms with Gasteiger partial charge in [0.1, 0.15) is 0 Å². The fourth-order valence-corrected chi connectivity index (χ4v) is 6.35. The summed E-state index contributed by atoms with van der Waals surface area (Å²) in [4.78, 5) is 24.4. The van der Waals surface area contributed by atoms with Crippen molar-refractivity contribution in [2.45, 2.75) is 124 Å². The van der Waals surface area contributed by atoms with Crippen LogP contribution in [0.5, 0.6) is 0 Å². The molecular weight excluding hydrogens is 456 g/mol. The van der Waals surface area contributed by atoms with Crippen molar-refractivity contribution in [3.05, 3.63) is 24.3 Å². The molecule has 0 saturated carbocycles. The number of rotatable bonds is 16. The number of hydrogen-bond donors (Lipinski definition) is 0. The van der Waals surface area contributed by atoms with Crippen LogP contribution in [-0.4, -0.2) is 34.5 Å². The number of ketones is 1. The third-order valence-corrected chi connectivity index (χ3v) is 8.11. The summed E-state index contributed by atoms with van der Waals surface area (Å²) < 4.78 is 12.1. The van der Waals surface area contributed by atoms with Gasteiger partial charge in [0.05, 0.1) is 6.10 Å². The van der Waals surface area contributed by atoms with Crippen molar-refractivity contribution in [2.24, 2.45) is 17.3 Å². The largest absolute Gasteiger partial charge is 0.520 e. The smallest absolute Gasteiger partial charge is 0.292 e. The maximum Gasteiger partial charge on any atom is 0.292 e. The number of hydrogen-bond acceptors (Lipinski definition) is 4. The van der Waals surface area contributed by atoms with Gasteiger partial charge in [0.15, 0.2) is 14.1 Å². The maximum absolute atomic E-state index is 12.5. The van der Waals surface area contributed by atoms with E-state index in [1.165, 1.54) is 12.8 Å². The van der Waals surface area contributed by atoms with Gasteiger partial charge in [-0.2, -0.15) is 0 Å². The van der Waals surface area contributed by atoms with E-state index >= 15 is 0 Å². The first-order valence-electron chi connectivity index (χ1n) is 13.4. The highest BCUT2D eigenvalue weighted by molar-refractivity contribution is 6.71. The summed E-state index contributed by atoms with van der Waals surface area (Å²) in [6.45, 7) is 19.7. The molecule has 0 aromatic carbocycles. The molecule has 0 bridgehead atoms. The van der Waals surface area contributed by atoms with E-state index in [1.807, 2.05) is 19.6 Å². The predicted octanol–water partition coefficient (Wildman–Crippen LogP) is 8.07. The van der Waals surface area contributed by atoms with E-state index < -0.39 is 16.6 Å². The highest BCUT2D eigenvalue weighted by Gasteiger charge is 2.33. The lowest BCUT2D eigenvalue weighted by molar-refractivity contribution is -0.135. The second-order valence-corrected chi connectivity index (χ2v) is 21.5. The monoisotopic (exact) mass is 508 g/mol. The minimum Gasteiger partial charge on any atom is -0.520 e. The Balaban J connectivity index is 2.61. The molecule has 3 unspecified atom stereocenters. The minimum absolute atomic E-state index is 0.0411. The summed E-state index contributed by atoms with van der Waals surface area (Å²) in [5.41, 5.74) is 0.0746. The topological polar surface area (TPSA) is 52.6 Å². The first-order chi connectivity index (χ1) is 15.6. The average Bonchev–Trinajstić information content (AvgIpc) is 3.03. The fourth-order valence-electron chi connectivity index (χ4n) is 4.41. The SMILES string of the molecule is CCCCC(C)(C)C(/C=C/C1C=CC(=O)C1CCCCCCC(=O)O[Si](C)(C)C)O[Si](C)(C)C. The van der Waals surface area contributed by atoms with Crippen LogP contribution in [-0.2, 0) is 18.4 Å². The summed E-state index contributed by atoms with van der Waals surface area (Å²) in [5, 5.41) is 0. The van der Waals surface area contributed by atoms with Crippen molar-refractivity contribution in [2.75, 3.05) is 0 Å². The Morgan fingerprint density at radius 1 is 1.03 bits per heavy atom.